The standard InChI is InChI=1S/C32H21N5OS/c38-30(16-20-6-2-1-3-7-20)33-23-9-4-8-21(17-23)26-12-13-28-31(35-26)32(37-36-28)29-18-25-24(22-14-15-39-19-22)10-5-11-27(25)34-29/h1-3,5-8,10-15,17-19,34H,16H2,(H,33,38)(H,36,37). The van der Waals surface area contributed by atoms with Crippen LogP contribution in [0.4, 0.5) is 5.69 Å². The molecule has 0 unspecified atom stereocenters. The van der Waals surface area contributed by atoms with Gasteiger partial charge in [-0.3, -0.25) is 9.89 Å². The van der Waals surface area contributed by atoms with E-state index in [4.69, 9.17) is 4.98 Å². The van der Waals surface area contributed by atoms with Crippen molar-refractivity contribution in [3.8, 4) is 33.8 Å². The SMILES string of the molecule is O=C(Cc1ccccc1)Nc1c#ccc(-c2ccc3[nH]nc(-c4cc5c(-c6ccsc6)cccc5[nH]4)c3n2)c1. The van der Waals surface area contributed by atoms with Crippen LogP contribution in [0, 0.1) is 12.1 Å². The Hall–Kier alpha value is -5.19. The van der Waals surface area contributed by atoms with Crippen LogP contribution in [0.5, 0.6) is 0 Å². The van der Waals surface area contributed by atoms with Crippen LogP contribution in [0.2, 0.25) is 0 Å². The smallest absolute Gasteiger partial charge is 0.229 e. The average molecular weight is 524 g/mol. The molecule has 6 nitrogen and oxygen atoms in total. The molecule has 4 aromatic heterocycles. The molecule has 0 atom stereocenters. The summed E-state index contributed by atoms with van der Waals surface area (Å²) in [6.07, 6.45) is 0.292. The van der Waals surface area contributed by atoms with Gasteiger partial charge in [0.25, 0.3) is 0 Å². The van der Waals surface area contributed by atoms with Crippen molar-refractivity contribution in [2.45, 2.75) is 6.42 Å². The lowest BCUT2D eigenvalue weighted by molar-refractivity contribution is -0.115. The van der Waals surface area contributed by atoms with Gasteiger partial charge in [0.05, 0.1) is 29.0 Å². The third kappa shape index (κ3) is 4.43. The summed E-state index contributed by atoms with van der Waals surface area (Å²) in [5, 5.41) is 16.0. The topological polar surface area (TPSA) is 86.5 Å². The summed E-state index contributed by atoms with van der Waals surface area (Å²) >= 11 is 1.69. The van der Waals surface area contributed by atoms with E-state index in [1.54, 1.807) is 11.3 Å². The van der Waals surface area contributed by atoms with Crippen molar-refractivity contribution in [3.63, 3.8) is 0 Å². The van der Waals surface area contributed by atoms with E-state index < -0.39 is 0 Å². The summed E-state index contributed by atoms with van der Waals surface area (Å²) in [5.74, 6) is -0.107. The summed E-state index contributed by atoms with van der Waals surface area (Å²) in [7, 11) is 0. The second kappa shape index (κ2) is 9.60. The van der Waals surface area contributed by atoms with Crippen molar-refractivity contribution in [1.82, 2.24) is 20.2 Å². The molecule has 0 saturated heterocycles. The molecule has 7 rings (SSSR count). The number of pyridine rings is 1. The molecule has 186 valence electrons. The zero-order valence-corrected chi connectivity index (χ0v) is 21.5. The largest absolute Gasteiger partial charge is 0.353 e. The Bertz CT molecular complexity index is 1940. The number of carbonyl (C=O) groups is 1. The van der Waals surface area contributed by atoms with E-state index in [0.29, 0.717) is 12.1 Å². The van der Waals surface area contributed by atoms with Crippen molar-refractivity contribution < 1.29 is 4.79 Å². The van der Waals surface area contributed by atoms with E-state index in [0.717, 1.165) is 50.1 Å². The molecule has 39 heavy (non-hydrogen) atoms. The summed E-state index contributed by atoms with van der Waals surface area (Å²) < 4.78 is 0. The van der Waals surface area contributed by atoms with E-state index in [2.05, 4.69) is 73.7 Å². The molecule has 0 fully saturated rings. The van der Waals surface area contributed by atoms with E-state index in [1.165, 1.54) is 11.1 Å². The Labute approximate surface area is 228 Å². The number of benzene rings is 2. The van der Waals surface area contributed by atoms with Crippen LogP contribution in [0.3, 0.4) is 0 Å². The van der Waals surface area contributed by atoms with Crippen LogP contribution in [-0.2, 0) is 11.2 Å². The zero-order chi connectivity index (χ0) is 26.2. The van der Waals surface area contributed by atoms with Gasteiger partial charge in [0.15, 0.2) is 0 Å². The molecule has 3 aromatic carbocycles. The Morgan fingerprint density at radius 3 is 2.74 bits per heavy atom. The number of aromatic amines is 2. The Balaban J connectivity index is 1.21. The van der Waals surface area contributed by atoms with Crippen molar-refractivity contribution in [3.05, 3.63) is 113 Å². The minimum Gasteiger partial charge on any atom is -0.353 e. The van der Waals surface area contributed by atoms with Gasteiger partial charge in [-0.05, 0) is 76.0 Å². The lowest BCUT2D eigenvalue weighted by atomic mass is 10.0. The quantitative estimate of drug-likeness (QED) is 0.214. The number of amides is 1. The monoisotopic (exact) mass is 523 g/mol. The average Bonchev–Trinajstić information content (AvgIpc) is 3.73. The summed E-state index contributed by atoms with van der Waals surface area (Å²) in [5.41, 5.74) is 9.77. The molecule has 0 aliphatic carbocycles. The second-order valence-corrected chi connectivity index (χ2v) is 10.0. The van der Waals surface area contributed by atoms with Crippen molar-refractivity contribution in [2.75, 3.05) is 5.32 Å². The highest BCUT2D eigenvalue weighted by atomic mass is 32.1. The number of anilines is 1. The minimum absolute atomic E-state index is 0.107. The van der Waals surface area contributed by atoms with E-state index in [9.17, 15) is 4.79 Å². The molecule has 4 heterocycles. The van der Waals surface area contributed by atoms with Gasteiger partial charge in [-0.1, -0.05) is 48.5 Å². The lowest BCUT2D eigenvalue weighted by Crippen LogP contribution is -2.14. The summed E-state index contributed by atoms with van der Waals surface area (Å²) in [4.78, 5) is 21.0. The highest BCUT2D eigenvalue weighted by Gasteiger charge is 2.16. The highest BCUT2D eigenvalue weighted by Crippen LogP contribution is 2.35. The first-order valence-electron chi connectivity index (χ1n) is 12.5. The number of hydrogen-bond donors (Lipinski definition) is 3. The number of fused-ring (bicyclic) bond motifs is 2. The van der Waals surface area contributed by atoms with Gasteiger partial charge in [-0.25, -0.2) is 4.98 Å². The third-order valence-corrected chi connectivity index (χ3v) is 7.35. The lowest BCUT2D eigenvalue weighted by Gasteiger charge is -2.06. The number of rotatable bonds is 6. The molecule has 0 radical (unpaired) electrons. The number of hydrogen-bond acceptors (Lipinski definition) is 4. The van der Waals surface area contributed by atoms with E-state index in [-0.39, 0.29) is 5.91 Å². The van der Waals surface area contributed by atoms with Gasteiger partial charge in [0, 0.05) is 16.5 Å². The molecule has 0 aliphatic heterocycles. The zero-order valence-electron chi connectivity index (χ0n) is 20.7. The Kier molecular flexibility index (Phi) is 5.65. The Morgan fingerprint density at radius 2 is 1.87 bits per heavy atom. The molecule has 0 bridgehead atoms. The van der Waals surface area contributed by atoms with Crippen molar-refractivity contribution >= 4 is 44.9 Å². The molecular formula is C32H21N5OS. The summed E-state index contributed by atoms with van der Waals surface area (Å²) in [6.45, 7) is 0. The first-order chi connectivity index (χ1) is 19.2. The number of thiophene rings is 1. The van der Waals surface area contributed by atoms with Crippen molar-refractivity contribution in [2.24, 2.45) is 0 Å². The third-order valence-electron chi connectivity index (χ3n) is 6.67. The maximum absolute atomic E-state index is 12.6. The van der Waals surface area contributed by atoms with Crippen LogP contribution in [0.1, 0.15) is 5.56 Å². The van der Waals surface area contributed by atoms with Gasteiger partial charge in [0.2, 0.25) is 5.91 Å². The van der Waals surface area contributed by atoms with Crippen LogP contribution >= 0.6 is 11.3 Å². The number of carbonyl (C=O) groups excluding carboxylic acids is 1. The fourth-order valence-electron chi connectivity index (χ4n) is 4.82. The highest BCUT2D eigenvalue weighted by molar-refractivity contribution is 7.08. The number of nitrogens with one attached hydrogen (secondary N) is 3. The first-order valence-corrected chi connectivity index (χ1v) is 13.4. The molecule has 3 N–H and O–H groups in total. The predicted molar refractivity (Wildman–Crippen MR) is 156 cm³/mol. The summed E-state index contributed by atoms with van der Waals surface area (Å²) in [6, 6.07) is 33.8. The molecule has 0 spiro atoms. The maximum Gasteiger partial charge on any atom is 0.229 e. The fourth-order valence-corrected chi connectivity index (χ4v) is 5.47. The minimum atomic E-state index is -0.107. The van der Waals surface area contributed by atoms with E-state index in [1.807, 2.05) is 54.6 Å². The molecule has 7 aromatic rings. The molecule has 7 heteroatoms. The van der Waals surface area contributed by atoms with Gasteiger partial charge in [0.1, 0.15) is 11.2 Å². The number of H-pyrrole nitrogens is 2. The molecule has 0 saturated carbocycles. The first kappa shape index (κ1) is 23.0. The fraction of sp³-hybridized carbons (Fsp3) is 0.0312. The molecule has 0 aliphatic rings. The van der Waals surface area contributed by atoms with Crippen LogP contribution < -0.4 is 5.32 Å². The second-order valence-electron chi connectivity index (χ2n) is 9.26. The van der Waals surface area contributed by atoms with Gasteiger partial charge < -0.3 is 10.3 Å². The van der Waals surface area contributed by atoms with Crippen LogP contribution in [0.15, 0.2) is 95.7 Å². The van der Waals surface area contributed by atoms with Crippen LogP contribution in [-0.4, -0.2) is 26.1 Å². The van der Waals surface area contributed by atoms with E-state index >= 15 is 0 Å². The predicted octanol–water partition coefficient (Wildman–Crippen LogP) is 7.28. The number of aromatic nitrogens is 4. The van der Waals surface area contributed by atoms with Gasteiger partial charge >= 0.3 is 0 Å². The van der Waals surface area contributed by atoms with Crippen molar-refractivity contribution in [1.29, 1.82) is 0 Å². The molecule has 1 amide bonds. The number of nitrogens with zero attached hydrogens (tertiary/aromatic N) is 2. The maximum atomic E-state index is 12.6. The van der Waals surface area contributed by atoms with Gasteiger partial charge in [-0.15, -0.1) is 0 Å². The normalized spacial score (nSPS) is 11.1. The Morgan fingerprint density at radius 1 is 0.949 bits per heavy atom. The molecular weight excluding hydrogens is 502 g/mol. The van der Waals surface area contributed by atoms with Crippen LogP contribution in [0.25, 0.3) is 55.7 Å². The van der Waals surface area contributed by atoms with Gasteiger partial charge in [-0.2, -0.15) is 16.4 Å².